The van der Waals surface area contributed by atoms with Crippen molar-refractivity contribution in [3.8, 4) is 0 Å². The number of hydrogen-bond donors (Lipinski definition) is 1. The van der Waals surface area contributed by atoms with Gasteiger partial charge in [0.2, 0.25) is 11.8 Å². The zero-order valence-electron chi connectivity index (χ0n) is 22.8. The van der Waals surface area contributed by atoms with Crippen molar-refractivity contribution in [2.45, 2.75) is 107 Å². The van der Waals surface area contributed by atoms with Gasteiger partial charge in [-0.1, -0.05) is 50.5 Å². The van der Waals surface area contributed by atoms with Crippen LogP contribution in [0.25, 0.3) is 0 Å². The number of aliphatic hydroxyl groups excluding tert-OH is 1. The summed E-state index contributed by atoms with van der Waals surface area (Å²) in [5.41, 5.74) is -2.22. The van der Waals surface area contributed by atoms with Crippen LogP contribution in [0.1, 0.15) is 84.0 Å². The molecule has 3 fully saturated rings. The van der Waals surface area contributed by atoms with Crippen LogP contribution in [-0.2, 0) is 23.9 Å². The molecule has 0 aromatic rings. The number of fused-ring (bicyclic) bond motifs is 2. The van der Waals surface area contributed by atoms with E-state index >= 15 is 0 Å². The fourth-order valence-corrected chi connectivity index (χ4v) is 7.59. The summed E-state index contributed by atoms with van der Waals surface area (Å²) < 4.78 is 12.8. The van der Waals surface area contributed by atoms with E-state index in [0.717, 1.165) is 51.4 Å². The Labute approximate surface area is 226 Å². The van der Waals surface area contributed by atoms with Crippen molar-refractivity contribution in [3.05, 3.63) is 24.3 Å². The Kier molecular flexibility index (Phi) is 8.29. The van der Waals surface area contributed by atoms with E-state index in [-0.39, 0.29) is 24.5 Å². The first-order chi connectivity index (χ1) is 18.5. The number of carbonyl (C=O) groups excluding carboxylic acids is 3. The average Bonchev–Trinajstić information content (AvgIpc) is 3.28. The molecule has 5 atom stereocenters. The van der Waals surface area contributed by atoms with Crippen molar-refractivity contribution in [3.63, 3.8) is 0 Å². The first-order valence-corrected chi connectivity index (χ1v) is 14.9. The minimum Gasteiger partial charge on any atom is -0.465 e. The van der Waals surface area contributed by atoms with Gasteiger partial charge in [0.1, 0.15) is 23.2 Å². The molecular weight excluding hydrogens is 484 g/mol. The Morgan fingerprint density at radius 1 is 0.947 bits per heavy atom. The average molecular weight is 529 g/mol. The molecule has 1 unspecified atom stereocenters. The van der Waals surface area contributed by atoms with Crippen LogP contribution in [0.5, 0.6) is 0 Å². The van der Waals surface area contributed by atoms with Gasteiger partial charge in [-0.15, -0.1) is 0 Å². The number of unbranched alkanes of at least 4 members (excludes halogenated alkanes) is 2. The van der Waals surface area contributed by atoms with E-state index in [4.69, 9.17) is 9.47 Å². The van der Waals surface area contributed by atoms with Gasteiger partial charge in [0.25, 0.3) is 0 Å². The van der Waals surface area contributed by atoms with Crippen molar-refractivity contribution in [1.29, 1.82) is 0 Å². The SMILES string of the molecule is CC[C@]12/C=C\CCCCOC(=O)[C@H]1[C@H]1C(=O)N(CCCCCO)C3C(=O)N(C4CCCCC4)CC=C[C@@]31O2. The molecule has 0 aromatic heterocycles. The summed E-state index contributed by atoms with van der Waals surface area (Å²) in [6, 6.07) is -0.648. The standard InChI is InChI=1S/C30H44N2O6/c1-2-29-16-9-3-4-12-21-37-28(36)24(29)23-26(34)32(18-10-6-11-20-33)25-27(35)31(22-14-7-5-8-15-22)19-13-17-30(23,25)38-29/h9,13,16-17,22-25,33H,2-8,10-12,14-15,18-21H2,1H3/b16-9-/t23-,24+,25?,29-,30-/m0/s1. The maximum absolute atomic E-state index is 14.5. The summed E-state index contributed by atoms with van der Waals surface area (Å²) in [6.45, 7) is 3.31. The number of cyclic esters (lactones) is 1. The van der Waals surface area contributed by atoms with Gasteiger partial charge in [-0.25, -0.2) is 0 Å². The Bertz CT molecular complexity index is 958. The fourth-order valence-electron chi connectivity index (χ4n) is 7.59. The van der Waals surface area contributed by atoms with Gasteiger partial charge in [0.05, 0.1) is 12.5 Å². The first kappa shape index (κ1) is 27.4. The van der Waals surface area contributed by atoms with E-state index in [2.05, 4.69) is 6.08 Å². The molecule has 8 heteroatoms. The lowest BCUT2D eigenvalue weighted by molar-refractivity contribution is -0.162. The summed E-state index contributed by atoms with van der Waals surface area (Å²) in [5.74, 6) is -2.27. The number of rotatable bonds is 7. The third-order valence-electron chi connectivity index (χ3n) is 9.49. The smallest absolute Gasteiger partial charge is 0.313 e. The molecule has 5 aliphatic rings. The number of amides is 2. The van der Waals surface area contributed by atoms with E-state index in [0.29, 0.717) is 39.0 Å². The predicted octanol–water partition coefficient (Wildman–Crippen LogP) is 3.52. The highest BCUT2D eigenvalue weighted by Gasteiger charge is 2.75. The van der Waals surface area contributed by atoms with Crippen LogP contribution in [0.4, 0.5) is 0 Å². The molecule has 0 aromatic carbocycles. The summed E-state index contributed by atoms with van der Waals surface area (Å²) in [7, 11) is 0. The van der Waals surface area contributed by atoms with Crippen molar-refractivity contribution in [2.24, 2.45) is 11.8 Å². The number of allylic oxidation sites excluding steroid dienone is 1. The lowest BCUT2D eigenvalue weighted by Crippen LogP contribution is -2.57. The van der Waals surface area contributed by atoms with Crippen LogP contribution < -0.4 is 0 Å². The molecule has 2 amide bonds. The number of likely N-dealkylation sites (tertiary alicyclic amines) is 1. The third kappa shape index (κ3) is 4.61. The van der Waals surface area contributed by atoms with Crippen LogP contribution in [0.15, 0.2) is 24.3 Å². The Balaban J connectivity index is 1.58. The molecule has 1 spiro atoms. The summed E-state index contributed by atoms with van der Waals surface area (Å²) >= 11 is 0. The Morgan fingerprint density at radius 2 is 1.76 bits per heavy atom. The first-order valence-electron chi connectivity index (χ1n) is 14.9. The number of ether oxygens (including phenoxy) is 2. The third-order valence-corrected chi connectivity index (χ3v) is 9.49. The summed E-state index contributed by atoms with van der Waals surface area (Å²) in [5, 5.41) is 9.26. The largest absolute Gasteiger partial charge is 0.465 e. The molecule has 1 saturated carbocycles. The molecule has 0 radical (unpaired) electrons. The summed E-state index contributed by atoms with van der Waals surface area (Å²) in [4.78, 5) is 46.1. The molecule has 4 heterocycles. The maximum atomic E-state index is 14.5. The van der Waals surface area contributed by atoms with Gasteiger partial charge in [0, 0.05) is 25.7 Å². The van der Waals surface area contributed by atoms with Gasteiger partial charge < -0.3 is 24.4 Å². The molecule has 8 nitrogen and oxygen atoms in total. The van der Waals surface area contributed by atoms with Gasteiger partial charge in [-0.3, -0.25) is 14.4 Å². The number of hydrogen-bond acceptors (Lipinski definition) is 6. The van der Waals surface area contributed by atoms with Crippen molar-refractivity contribution in [1.82, 2.24) is 9.80 Å². The zero-order valence-corrected chi connectivity index (χ0v) is 22.8. The normalized spacial score (nSPS) is 36.9. The fraction of sp³-hybridized carbons (Fsp3) is 0.767. The van der Waals surface area contributed by atoms with Crippen LogP contribution >= 0.6 is 0 Å². The maximum Gasteiger partial charge on any atom is 0.313 e. The van der Waals surface area contributed by atoms with Crippen molar-refractivity contribution < 1.29 is 29.0 Å². The molecule has 210 valence electrons. The monoisotopic (exact) mass is 528 g/mol. The van der Waals surface area contributed by atoms with Crippen LogP contribution in [0, 0.1) is 11.8 Å². The van der Waals surface area contributed by atoms with E-state index < -0.39 is 35.0 Å². The Morgan fingerprint density at radius 3 is 2.53 bits per heavy atom. The Hall–Kier alpha value is -2.19. The van der Waals surface area contributed by atoms with E-state index in [1.165, 1.54) is 6.42 Å². The van der Waals surface area contributed by atoms with Crippen molar-refractivity contribution >= 4 is 17.8 Å². The highest BCUT2D eigenvalue weighted by atomic mass is 16.6. The molecule has 1 aliphatic carbocycles. The number of nitrogens with zero attached hydrogens (tertiary/aromatic N) is 2. The van der Waals surface area contributed by atoms with Crippen LogP contribution in [-0.4, -0.2) is 82.3 Å². The highest BCUT2D eigenvalue weighted by molar-refractivity contribution is 5.99. The lowest BCUT2D eigenvalue weighted by Gasteiger charge is -2.40. The van der Waals surface area contributed by atoms with Gasteiger partial charge in [0.15, 0.2) is 0 Å². The second kappa shape index (κ2) is 11.5. The minimum absolute atomic E-state index is 0.0628. The molecule has 5 rings (SSSR count). The minimum atomic E-state index is -1.22. The summed E-state index contributed by atoms with van der Waals surface area (Å²) in [6.07, 6.45) is 18.5. The van der Waals surface area contributed by atoms with Gasteiger partial charge >= 0.3 is 5.97 Å². The zero-order chi connectivity index (χ0) is 26.8. The van der Waals surface area contributed by atoms with Crippen LogP contribution in [0.3, 0.4) is 0 Å². The predicted molar refractivity (Wildman–Crippen MR) is 142 cm³/mol. The quantitative estimate of drug-likeness (QED) is 0.309. The topological polar surface area (TPSA) is 96.4 Å². The molecule has 2 saturated heterocycles. The number of esters is 1. The molecular formula is C30H44N2O6. The van der Waals surface area contributed by atoms with E-state index in [9.17, 15) is 19.5 Å². The lowest BCUT2D eigenvalue weighted by atomic mass is 9.73. The second-order valence-corrected chi connectivity index (χ2v) is 11.7. The molecule has 0 bridgehead atoms. The van der Waals surface area contributed by atoms with Crippen molar-refractivity contribution in [2.75, 3.05) is 26.3 Å². The molecule has 1 N–H and O–H groups in total. The molecule has 4 aliphatic heterocycles. The van der Waals surface area contributed by atoms with E-state index in [1.807, 2.05) is 30.1 Å². The molecule has 38 heavy (non-hydrogen) atoms. The van der Waals surface area contributed by atoms with Gasteiger partial charge in [-0.05, 0) is 57.8 Å². The second-order valence-electron chi connectivity index (χ2n) is 11.7. The number of aliphatic hydroxyl groups is 1. The number of carbonyl (C=O) groups is 3. The highest BCUT2D eigenvalue weighted by Crippen LogP contribution is 2.58. The van der Waals surface area contributed by atoms with Crippen LogP contribution in [0.2, 0.25) is 0 Å². The van der Waals surface area contributed by atoms with E-state index in [1.54, 1.807) is 4.90 Å². The van der Waals surface area contributed by atoms with Gasteiger partial charge in [-0.2, -0.15) is 0 Å².